The van der Waals surface area contributed by atoms with E-state index in [1.54, 1.807) is 48.2 Å². The first-order valence-corrected chi connectivity index (χ1v) is 9.52. The van der Waals surface area contributed by atoms with Crippen LogP contribution < -0.4 is 4.90 Å². The van der Waals surface area contributed by atoms with E-state index in [2.05, 4.69) is 4.98 Å². The van der Waals surface area contributed by atoms with Crippen LogP contribution in [0.25, 0.3) is 0 Å². The largest absolute Gasteiger partial charge is 0.311 e. The molecule has 3 nitrogen and oxygen atoms in total. The van der Waals surface area contributed by atoms with Crippen LogP contribution in [0.3, 0.4) is 0 Å². The van der Waals surface area contributed by atoms with Crippen LogP contribution in [-0.4, -0.2) is 17.9 Å². The van der Waals surface area contributed by atoms with Crippen LogP contribution >= 0.6 is 34.7 Å². The van der Waals surface area contributed by atoms with Gasteiger partial charge in [-0.3, -0.25) is 9.78 Å². The summed E-state index contributed by atoms with van der Waals surface area (Å²) < 4.78 is 0. The molecule has 24 heavy (non-hydrogen) atoms. The van der Waals surface area contributed by atoms with Crippen molar-refractivity contribution in [3.05, 3.63) is 75.7 Å². The first-order valence-electron chi connectivity index (χ1n) is 7.28. The minimum Gasteiger partial charge on any atom is -0.311 e. The Bertz CT molecular complexity index is 819. The van der Waals surface area contributed by atoms with Crippen molar-refractivity contribution >= 4 is 46.3 Å². The van der Waals surface area contributed by atoms with Gasteiger partial charge in [-0.15, -0.1) is 23.1 Å². The van der Waals surface area contributed by atoms with Gasteiger partial charge in [-0.2, -0.15) is 0 Å². The third-order valence-electron chi connectivity index (χ3n) is 3.49. The summed E-state index contributed by atoms with van der Waals surface area (Å²) in [6.07, 6.45) is 3.56. The fourth-order valence-corrected chi connectivity index (χ4v) is 4.33. The highest BCUT2D eigenvalue weighted by Gasteiger charge is 2.19. The average molecular weight is 375 g/mol. The summed E-state index contributed by atoms with van der Waals surface area (Å²) in [5, 5.41) is 2.61. The first-order chi connectivity index (χ1) is 11.6. The predicted molar refractivity (Wildman–Crippen MR) is 102 cm³/mol. The van der Waals surface area contributed by atoms with Crippen molar-refractivity contribution in [3.63, 3.8) is 0 Å². The number of nitrogens with zero attached hydrogens (tertiary/aromatic N) is 2. The second-order valence-corrected chi connectivity index (χ2v) is 7.47. The van der Waals surface area contributed by atoms with Gasteiger partial charge in [0.2, 0.25) is 0 Å². The van der Waals surface area contributed by atoms with Gasteiger partial charge in [0, 0.05) is 40.8 Å². The number of rotatable bonds is 5. The van der Waals surface area contributed by atoms with Gasteiger partial charge in [0.25, 0.3) is 5.91 Å². The van der Waals surface area contributed by atoms with Crippen molar-refractivity contribution in [1.82, 2.24) is 4.98 Å². The van der Waals surface area contributed by atoms with Crippen molar-refractivity contribution in [1.29, 1.82) is 0 Å². The summed E-state index contributed by atoms with van der Waals surface area (Å²) in [7, 11) is 1.78. The maximum absolute atomic E-state index is 12.8. The van der Waals surface area contributed by atoms with E-state index >= 15 is 0 Å². The van der Waals surface area contributed by atoms with Crippen molar-refractivity contribution in [2.45, 2.75) is 10.6 Å². The number of amides is 1. The third-order valence-corrected chi connectivity index (χ3v) is 5.90. The van der Waals surface area contributed by atoms with E-state index in [4.69, 9.17) is 11.6 Å². The lowest BCUT2D eigenvalue weighted by atomic mass is 10.3. The van der Waals surface area contributed by atoms with E-state index in [1.807, 2.05) is 35.7 Å². The first kappa shape index (κ1) is 17.0. The number of hydrogen-bond acceptors (Lipinski definition) is 4. The standard InChI is InChI=1S/C18H15ClN2OS2/c1-21(15-4-2-14(19)3-5-15)18(22)17-16(8-11-23-17)24-12-13-6-9-20-10-7-13/h2-11H,12H2,1H3. The molecule has 122 valence electrons. The Kier molecular flexibility index (Phi) is 5.56. The number of carbonyl (C=O) groups excluding carboxylic acids is 1. The Morgan fingerprint density at radius 1 is 1.17 bits per heavy atom. The minimum atomic E-state index is -0.00968. The normalized spacial score (nSPS) is 10.6. The summed E-state index contributed by atoms with van der Waals surface area (Å²) >= 11 is 9.04. The Labute approximate surface area is 154 Å². The number of carbonyl (C=O) groups is 1. The summed E-state index contributed by atoms with van der Waals surface area (Å²) in [4.78, 5) is 20.2. The number of anilines is 1. The monoisotopic (exact) mass is 374 g/mol. The minimum absolute atomic E-state index is 0.00968. The molecule has 0 spiro atoms. The second-order valence-electron chi connectivity index (χ2n) is 5.10. The van der Waals surface area contributed by atoms with Crippen LogP contribution in [0.15, 0.2) is 65.1 Å². The lowest BCUT2D eigenvalue weighted by molar-refractivity contribution is 0.0994. The molecule has 0 saturated carbocycles. The molecule has 2 aromatic heterocycles. The number of benzene rings is 1. The molecule has 2 heterocycles. The third kappa shape index (κ3) is 3.98. The molecule has 0 bridgehead atoms. The van der Waals surface area contributed by atoms with Gasteiger partial charge >= 0.3 is 0 Å². The molecule has 3 aromatic rings. The van der Waals surface area contributed by atoms with E-state index in [-0.39, 0.29) is 5.91 Å². The molecule has 6 heteroatoms. The molecule has 0 aliphatic rings. The summed E-state index contributed by atoms with van der Waals surface area (Å²) in [5.74, 6) is 0.800. The molecule has 0 radical (unpaired) electrons. The van der Waals surface area contributed by atoms with Crippen LogP contribution in [0.1, 0.15) is 15.2 Å². The SMILES string of the molecule is CN(C(=O)c1sccc1SCc1ccncc1)c1ccc(Cl)cc1. The number of thioether (sulfide) groups is 1. The summed E-state index contributed by atoms with van der Waals surface area (Å²) in [5.41, 5.74) is 2.01. The van der Waals surface area contributed by atoms with Gasteiger partial charge in [-0.05, 0) is 53.4 Å². The molecular weight excluding hydrogens is 360 g/mol. The molecule has 3 rings (SSSR count). The molecule has 0 saturated heterocycles. The number of hydrogen-bond donors (Lipinski definition) is 0. The number of pyridine rings is 1. The zero-order valence-corrected chi connectivity index (χ0v) is 15.4. The van der Waals surface area contributed by atoms with Gasteiger partial charge in [0.15, 0.2) is 0 Å². The van der Waals surface area contributed by atoms with Crippen molar-refractivity contribution < 1.29 is 4.79 Å². The molecule has 0 atom stereocenters. The predicted octanol–water partition coefficient (Wildman–Crippen LogP) is 5.37. The molecule has 1 amide bonds. The fraction of sp³-hybridized carbons (Fsp3) is 0.111. The van der Waals surface area contributed by atoms with Crippen molar-refractivity contribution in [2.75, 3.05) is 11.9 Å². The molecule has 0 N–H and O–H groups in total. The van der Waals surface area contributed by atoms with E-state index in [1.165, 1.54) is 16.9 Å². The van der Waals surface area contributed by atoms with Crippen LogP contribution in [0.4, 0.5) is 5.69 Å². The lowest BCUT2D eigenvalue weighted by Gasteiger charge is -2.17. The van der Waals surface area contributed by atoms with E-state index in [0.29, 0.717) is 5.02 Å². The van der Waals surface area contributed by atoms with E-state index in [0.717, 1.165) is 21.2 Å². The van der Waals surface area contributed by atoms with Gasteiger partial charge in [-0.25, -0.2) is 0 Å². The van der Waals surface area contributed by atoms with Gasteiger partial charge in [0.05, 0.1) is 0 Å². The highest BCUT2D eigenvalue weighted by molar-refractivity contribution is 7.98. The molecular formula is C18H15ClN2OS2. The van der Waals surface area contributed by atoms with Gasteiger partial charge in [-0.1, -0.05) is 11.6 Å². The summed E-state index contributed by atoms with van der Waals surface area (Å²) in [6, 6.07) is 13.2. The highest BCUT2D eigenvalue weighted by atomic mass is 35.5. The Hall–Kier alpha value is -1.82. The van der Waals surface area contributed by atoms with Crippen molar-refractivity contribution in [3.8, 4) is 0 Å². The molecule has 0 aliphatic heterocycles. The molecule has 1 aromatic carbocycles. The maximum Gasteiger partial charge on any atom is 0.269 e. The number of aromatic nitrogens is 1. The lowest BCUT2D eigenvalue weighted by Crippen LogP contribution is -2.25. The Morgan fingerprint density at radius 2 is 1.88 bits per heavy atom. The van der Waals surface area contributed by atoms with Crippen LogP contribution in [-0.2, 0) is 5.75 Å². The topological polar surface area (TPSA) is 33.2 Å². The van der Waals surface area contributed by atoms with Crippen LogP contribution in [0.2, 0.25) is 5.02 Å². The quantitative estimate of drug-likeness (QED) is 0.563. The van der Waals surface area contributed by atoms with Crippen molar-refractivity contribution in [2.24, 2.45) is 0 Å². The molecule has 0 aliphatic carbocycles. The number of halogens is 1. The Balaban J connectivity index is 1.74. The van der Waals surface area contributed by atoms with E-state index < -0.39 is 0 Å². The summed E-state index contributed by atoms with van der Waals surface area (Å²) in [6.45, 7) is 0. The van der Waals surface area contributed by atoms with Crippen LogP contribution in [0, 0.1) is 0 Å². The highest BCUT2D eigenvalue weighted by Crippen LogP contribution is 2.32. The molecule has 0 fully saturated rings. The zero-order valence-electron chi connectivity index (χ0n) is 13.0. The second kappa shape index (κ2) is 7.83. The smallest absolute Gasteiger partial charge is 0.269 e. The van der Waals surface area contributed by atoms with Gasteiger partial charge in [0.1, 0.15) is 4.88 Å². The fourth-order valence-electron chi connectivity index (χ4n) is 2.14. The maximum atomic E-state index is 12.8. The number of thiophene rings is 1. The van der Waals surface area contributed by atoms with Gasteiger partial charge < -0.3 is 4.90 Å². The zero-order chi connectivity index (χ0) is 16.9. The van der Waals surface area contributed by atoms with Crippen LogP contribution in [0.5, 0.6) is 0 Å². The Morgan fingerprint density at radius 3 is 2.58 bits per heavy atom. The molecule has 0 unspecified atom stereocenters. The average Bonchev–Trinajstić information content (AvgIpc) is 3.09. The van der Waals surface area contributed by atoms with E-state index in [9.17, 15) is 4.79 Å².